The summed E-state index contributed by atoms with van der Waals surface area (Å²) in [7, 11) is 0. The number of likely N-dealkylation sites (tertiary alicyclic amines) is 1. The molecule has 0 aromatic heterocycles. The maximum atomic E-state index is 11.6. The average molecular weight is 227 g/mol. The third-order valence-electron chi connectivity index (χ3n) is 2.75. The molecule has 1 heterocycles. The molecule has 5 nitrogen and oxygen atoms in total. The van der Waals surface area contributed by atoms with Crippen LogP contribution in [0, 0.1) is 0 Å². The molecule has 0 spiro atoms. The summed E-state index contributed by atoms with van der Waals surface area (Å²) in [6.07, 6.45) is 3.00. The van der Waals surface area contributed by atoms with Crippen LogP contribution in [0.4, 0.5) is 0 Å². The summed E-state index contributed by atoms with van der Waals surface area (Å²) >= 11 is 0. The van der Waals surface area contributed by atoms with Gasteiger partial charge in [-0.2, -0.15) is 0 Å². The van der Waals surface area contributed by atoms with E-state index in [1.807, 2.05) is 6.92 Å². The first-order chi connectivity index (χ1) is 7.65. The minimum absolute atomic E-state index is 0.00814. The molecule has 16 heavy (non-hydrogen) atoms. The number of piperidine rings is 1. The molecule has 92 valence electrons. The molecule has 1 aliphatic heterocycles. The summed E-state index contributed by atoms with van der Waals surface area (Å²) < 4.78 is 0. The van der Waals surface area contributed by atoms with E-state index >= 15 is 0 Å². The number of carbonyl (C=O) groups excluding carboxylic acids is 2. The van der Waals surface area contributed by atoms with Crippen molar-refractivity contribution >= 4 is 11.8 Å². The largest absolute Gasteiger partial charge is 0.356 e. The average Bonchev–Trinajstić information content (AvgIpc) is 2.28. The van der Waals surface area contributed by atoms with Gasteiger partial charge in [-0.25, -0.2) is 0 Å². The van der Waals surface area contributed by atoms with Gasteiger partial charge in [0.2, 0.25) is 11.8 Å². The fourth-order valence-electron chi connectivity index (χ4n) is 1.78. The van der Waals surface area contributed by atoms with Crippen molar-refractivity contribution in [3.05, 3.63) is 0 Å². The quantitative estimate of drug-likeness (QED) is 0.686. The summed E-state index contributed by atoms with van der Waals surface area (Å²) in [6, 6.07) is -0.368. The lowest BCUT2D eigenvalue weighted by atomic mass is 10.1. The van der Waals surface area contributed by atoms with E-state index in [1.165, 1.54) is 0 Å². The summed E-state index contributed by atoms with van der Waals surface area (Å²) in [5.41, 5.74) is 5.66. The molecule has 1 aliphatic rings. The van der Waals surface area contributed by atoms with Crippen molar-refractivity contribution < 1.29 is 9.59 Å². The Balaban J connectivity index is 2.26. The summed E-state index contributed by atoms with van der Waals surface area (Å²) in [5.74, 6) is -0.0108. The molecule has 0 radical (unpaired) electrons. The lowest BCUT2D eigenvalue weighted by molar-refractivity contribution is -0.135. The molecule has 1 fully saturated rings. The highest BCUT2D eigenvalue weighted by molar-refractivity contribution is 5.83. The van der Waals surface area contributed by atoms with Gasteiger partial charge < -0.3 is 16.0 Å². The smallest absolute Gasteiger partial charge is 0.239 e. The zero-order chi connectivity index (χ0) is 12.0. The van der Waals surface area contributed by atoms with E-state index in [-0.39, 0.29) is 17.9 Å². The number of nitrogens with zero attached hydrogens (tertiary/aromatic N) is 1. The van der Waals surface area contributed by atoms with E-state index in [0.29, 0.717) is 19.5 Å². The number of hydrogen-bond donors (Lipinski definition) is 2. The Morgan fingerprint density at radius 1 is 1.62 bits per heavy atom. The van der Waals surface area contributed by atoms with Gasteiger partial charge in [-0.3, -0.25) is 9.59 Å². The highest BCUT2D eigenvalue weighted by Gasteiger charge is 2.25. The summed E-state index contributed by atoms with van der Waals surface area (Å²) in [4.78, 5) is 24.7. The standard InChI is InChI=1S/C11H21N3O2/c1-2-6-13-10(15)5-8-14-7-3-4-9(12)11(14)16/h9H,2-8,12H2,1H3,(H,13,15). The molecule has 1 unspecified atom stereocenters. The van der Waals surface area contributed by atoms with Crippen LogP contribution in [0.1, 0.15) is 32.6 Å². The van der Waals surface area contributed by atoms with Crippen LogP contribution in [0.25, 0.3) is 0 Å². The molecule has 0 aromatic carbocycles. The van der Waals surface area contributed by atoms with Crippen LogP contribution < -0.4 is 11.1 Å². The van der Waals surface area contributed by atoms with Crippen molar-refractivity contribution in [2.75, 3.05) is 19.6 Å². The third kappa shape index (κ3) is 3.81. The number of carbonyl (C=O) groups is 2. The summed E-state index contributed by atoms with van der Waals surface area (Å²) in [5, 5.41) is 2.79. The number of amides is 2. The SMILES string of the molecule is CCCNC(=O)CCN1CCCC(N)C1=O. The first-order valence-electron chi connectivity index (χ1n) is 5.96. The van der Waals surface area contributed by atoms with Crippen molar-refractivity contribution in [1.82, 2.24) is 10.2 Å². The predicted molar refractivity (Wildman–Crippen MR) is 61.7 cm³/mol. The van der Waals surface area contributed by atoms with Crippen molar-refractivity contribution in [1.29, 1.82) is 0 Å². The van der Waals surface area contributed by atoms with E-state index in [0.717, 1.165) is 25.8 Å². The van der Waals surface area contributed by atoms with Crippen LogP contribution in [-0.2, 0) is 9.59 Å². The van der Waals surface area contributed by atoms with Crippen molar-refractivity contribution in [2.24, 2.45) is 5.73 Å². The van der Waals surface area contributed by atoms with Gasteiger partial charge in [0.15, 0.2) is 0 Å². The van der Waals surface area contributed by atoms with E-state index in [2.05, 4.69) is 5.32 Å². The molecule has 0 aromatic rings. The number of rotatable bonds is 5. The maximum Gasteiger partial charge on any atom is 0.239 e. The first-order valence-corrected chi connectivity index (χ1v) is 5.96. The van der Waals surface area contributed by atoms with Gasteiger partial charge in [-0.15, -0.1) is 0 Å². The minimum atomic E-state index is -0.368. The molecule has 0 aliphatic carbocycles. The van der Waals surface area contributed by atoms with E-state index < -0.39 is 0 Å². The second-order valence-electron chi connectivity index (χ2n) is 4.17. The number of nitrogens with one attached hydrogen (secondary N) is 1. The van der Waals surface area contributed by atoms with Crippen LogP contribution in [-0.4, -0.2) is 42.4 Å². The number of nitrogens with two attached hydrogens (primary N) is 1. The lowest BCUT2D eigenvalue weighted by Gasteiger charge is -2.30. The predicted octanol–water partition coefficient (Wildman–Crippen LogP) is -0.148. The van der Waals surface area contributed by atoms with E-state index in [4.69, 9.17) is 5.73 Å². The highest BCUT2D eigenvalue weighted by Crippen LogP contribution is 2.09. The van der Waals surface area contributed by atoms with Crippen molar-refractivity contribution in [2.45, 2.75) is 38.6 Å². The fourth-order valence-corrected chi connectivity index (χ4v) is 1.78. The topological polar surface area (TPSA) is 75.4 Å². The molecule has 1 rings (SSSR count). The van der Waals surface area contributed by atoms with Gasteiger partial charge >= 0.3 is 0 Å². The zero-order valence-electron chi connectivity index (χ0n) is 9.87. The van der Waals surface area contributed by atoms with Gasteiger partial charge in [0, 0.05) is 26.1 Å². The molecular formula is C11H21N3O2. The van der Waals surface area contributed by atoms with Crippen LogP contribution in [0.15, 0.2) is 0 Å². The Hall–Kier alpha value is -1.10. The van der Waals surface area contributed by atoms with Crippen molar-refractivity contribution in [3.63, 3.8) is 0 Å². The monoisotopic (exact) mass is 227 g/mol. The Bertz CT molecular complexity index is 256. The molecule has 1 atom stereocenters. The highest BCUT2D eigenvalue weighted by atomic mass is 16.2. The molecule has 1 saturated heterocycles. The van der Waals surface area contributed by atoms with Crippen LogP contribution >= 0.6 is 0 Å². The Morgan fingerprint density at radius 2 is 2.38 bits per heavy atom. The fraction of sp³-hybridized carbons (Fsp3) is 0.818. The molecule has 2 amide bonds. The lowest BCUT2D eigenvalue weighted by Crippen LogP contribution is -2.49. The van der Waals surface area contributed by atoms with Crippen LogP contribution in [0.2, 0.25) is 0 Å². The van der Waals surface area contributed by atoms with E-state index in [9.17, 15) is 9.59 Å². The van der Waals surface area contributed by atoms with Gasteiger partial charge in [0.1, 0.15) is 0 Å². The molecular weight excluding hydrogens is 206 g/mol. The molecule has 0 bridgehead atoms. The Kier molecular flexibility index (Phi) is 5.25. The molecule has 0 saturated carbocycles. The third-order valence-corrected chi connectivity index (χ3v) is 2.75. The normalized spacial score (nSPS) is 21.0. The first kappa shape index (κ1) is 13.0. The van der Waals surface area contributed by atoms with Gasteiger partial charge in [-0.1, -0.05) is 6.92 Å². The second kappa shape index (κ2) is 6.48. The van der Waals surface area contributed by atoms with Crippen LogP contribution in [0.3, 0.4) is 0 Å². The minimum Gasteiger partial charge on any atom is -0.356 e. The Labute approximate surface area is 96.4 Å². The summed E-state index contributed by atoms with van der Waals surface area (Å²) in [6.45, 7) is 3.93. The van der Waals surface area contributed by atoms with Crippen molar-refractivity contribution in [3.8, 4) is 0 Å². The van der Waals surface area contributed by atoms with E-state index in [1.54, 1.807) is 4.90 Å². The number of hydrogen-bond acceptors (Lipinski definition) is 3. The molecule has 3 N–H and O–H groups in total. The maximum absolute atomic E-state index is 11.6. The Morgan fingerprint density at radius 3 is 3.06 bits per heavy atom. The van der Waals surface area contributed by atoms with Gasteiger partial charge in [0.05, 0.1) is 6.04 Å². The van der Waals surface area contributed by atoms with Crippen LogP contribution in [0.5, 0.6) is 0 Å². The van der Waals surface area contributed by atoms with Gasteiger partial charge in [-0.05, 0) is 19.3 Å². The zero-order valence-corrected chi connectivity index (χ0v) is 9.87. The second-order valence-corrected chi connectivity index (χ2v) is 4.17. The van der Waals surface area contributed by atoms with Gasteiger partial charge in [0.25, 0.3) is 0 Å². The molecule has 5 heteroatoms.